The molecule has 2 aromatic heterocycles. The van der Waals surface area contributed by atoms with Gasteiger partial charge in [-0.05, 0) is 156 Å². The molecule has 8 heteroatoms. The van der Waals surface area contributed by atoms with E-state index in [0.717, 1.165) is 106 Å². The number of nitriles is 3. The molecule has 0 unspecified atom stereocenters. The Morgan fingerprint density at radius 2 is 0.716 bits per heavy atom. The first-order valence-electron chi connectivity index (χ1n) is 26.5. The van der Waals surface area contributed by atoms with Crippen LogP contribution in [0.5, 0.6) is 0 Å². The molecular formula is C73H46N8. The summed E-state index contributed by atoms with van der Waals surface area (Å²) < 4.78 is 2.33. The second-order valence-electron chi connectivity index (χ2n) is 19.6. The van der Waals surface area contributed by atoms with Gasteiger partial charge in [0, 0.05) is 67.3 Å². The third-order valence-electron chi connectivity index (χ3n) is 14.7. The molecule has 8 nitrogen and oxygen atoms in total. The molecule has 0 N–H and O–H groups in total. The SMILES string of the molecule is N#Cc1ccc(N(c2ccc(C#N)cc2)c2ccc3c(c2)c2cc(N(c4ccccc4)c4ccccc4)ccc2n3-c2ccc(-c3ccc(-c4ccc(-c5cc(-c6ccccc6)nc(-c6ccccc6)n5)c(C#N)c4)cc3)cc2)cc1. The molecule has 0 bridgehead atoms. The molecule has 81 heavy (non-hydrogen) atoms. The van der Waals surface area contributed by atoms with E-state index in [-0.39, 0.29) is 0 Å². The van der Waals surface area contributed by atoms with Crippen molar-refractivity contribution >= 4 is 55.9 Å². The van der Waals surface area contributed by atoms with E-state index in [0.29, 0.717) is 28.2 Å². The lowest BCUT2D eigenvalue weighted by molar-refractivity contribution is 1.18. The zero-order chi connectivity index (χ0) is 54.7. The predicted octanol–water partition coefficient (Wildman–Crippen LogP) is 18.5. The van der Waals surface area contributed by atoms with Crippen LogP contribution < -0.4 is 9.80 Å². The van der Waals surface area contributed by atoms with Gasteiger partial charge in [-0.1, -0.05) is 146 Å². The van der Waals surface area contributed by atoms with Crippen LogP contribution in [0.25, 0.3) is 83.6 Å². The molecule has 13 rings (SSSR count). The Labute approximate surface area is 469 Å². The minimum absolute atomic E-state index is 0.529. The van der Waals surface area contributed by atoms with E-state index in [4.69, 9.17) is 9.97 Å². The number of para-hydroxylation sites is 2. The minimum atomic E-state index is 0.529. The molecule has 0 aliphatic carbocycles. The van der Waals surface area contributed by atoms with Crippen LogP contribution in [0.4, 0.5) is 34.1 Å². The molecule has 2 heterocycles. The van der Waals surface area contributed by atoms with E-state index in [1.807, 2.05) is 140 Å². The fourth-order valence-electron chi connectivity index (χ4n) is 10.7. The quantitative estimate of drug-likeness (QED) is 0.120. The van der Waals surface area contributed by atoms with Gasteiger partial charge >= 0.3 is 0 Å². The van der Waals surface area contributed by atoms with Crippen LogP contribution >= 0.6 is 0 Å². The normalized spacial score (nSPS) is 10.9. The van der Waals surface area contributed by atoms with Gasteiger partial charge in [0.1, 0.15) is 0 Å². The Kier molecular flexibility index (Phi) is 12.9. The average Bonchev–Trinajstić information content (AvgIpc) is 4.02. The van der Waals surface area contributed by atoms with E-state index in [1.165, 1.54) is 0 Å². The largest absolute Gasteiger partial charge is 0.310 e. The summed E-state index contributed by atoms with van der Waals surface area (Å²) in [5.41, 5.74) is 18.7. The third kappa shape index (κ3) is 9.57. The van der Waals surface area contributed by atoms with E-state index >= 15 is 0 Å². The van der Waals surface area contributed by atoms with E-state index in [9.17, 15) is 15.8 Å². The summed E-state index contributed by atoms with van der Waals surface area (Å²) >= 11 is 0. The maximum absolute atomic E-state index is 10.6. The summed E-state index contributed by atoms with van der Waals surface area (Å²) in [7, 11) is 0. The Morgan fingerprint density at radius 1 is 0.309 bits per heavy atom. The minimum Gasteiger partial charge on any atom is -0.310 e. The van der Waals surface area contributed by atoms with Gasteiger partial charge in [-0.15, -0.1) is 0 Å². The zero-order valence-corrected chi connectivity index (χ0v) is 43.6. The number of anilines is 6. The molecule has 0 saturated heterocycles. The first-order chi connectivity index (χ1) is 40.0. The number of hydrogen-bond acceptors (Lipinski definition) is 7. The van der Waals surface area contributed by atoms with Crippen molar-refractivity contribution < 1.29 is 0 Å². The highest BCUT2D eigenvalue weighted by Gasteiger charge is 2.21. The topological polar surface area (TPSA) is 109 Å². The lowest BCUT2D eigenvalue weighted by Gasteiger charge is -2.26. The number of rotatable bonds is 12. The van der Waals surface area contributed by atoms with Crippen LogP contribution in [0.15, 0.2) is 279 Å². The van der Waals surface area contributed by atoms with Gasteiger partial charge in [-0.3, -0.25) is 0 Å². The molecular weight excluding hydrogens is 989 g/mol. The predicted molar refractivity (Wildman–Crippen MR) is 327 cm³/mol. The highest BCUT2D eigenvalue weighted by molar-refractivity contribution is 6.12. The summed E-state index contributed by atoms with van der Waals surface area (Å²) in [5, 5.41) is 32.1. The Morgan fingerprint density at radius 3 is 1.20 bits per heavy atom. The van der Waals surface area contributed by atoms with Crippen molar-refractivity contribution in [2.45, 2.75) is 0 Å². The van der Waals surface area contributed by atoms with E-state index in [2.05, 4.69) is 172 Å². The molecule has 0 saturated carbocycles. The fourth-order valence-corrected chi connectivity index (χ4v) is 10.7. The molecule has 11 aromatic carbocycles. The summed E-state index contributed by atoms with van der Waals surface area (Å²) in [6, 6.07) is 101. The molecule has 0 spiro atoms. The van der Waals surface area contributed by atoms with E-state index < -0.39 is 0 Å². The number of nitrogens with zero attached hydrogens (tertiary/aromatic N) is 8. The monoisotopic (exact) mass is 1030 g/mol. The van der Waals surface area contributed by atoms with Crippen molar-refractivity contribution in [3.63, 3.8) is 0 Å². The van der Waals surface area contributed by atoms with Crippen molar-refractivity contribution in [3.05, 3.63) is 296 Å². The fraction of sp³-hybridized carbons (Fsp3) is 0. The van der Waals surface area contributed by atoms with Crippen molar-refractivity contribution in [1.82, 2.24) is 14.5 Å². The standard InChI is InChI=1S/C73H46N8/c74-47-50-21-32-61(33-22-50)80(62-34-23-51(48-75)24-35-62)65-39-42-72-68(45-65)67-44-64(79(59-17-9-3-10-18-59)60-19-11-4-12-20-60)38-41-71(67)81(72)63-36-29-53(30-37-63)52-25-27-54(28-26-52)57-31-40-66(58(43-57)49-76)70-46-69(55-13-5-1-6-14-55)77-73(78-70)56-15-7-2-8-16-56/h1-46H. The van der Waals surface area contributed by atoms with Gasteiger partial charge in [-0.2, -0.15) is 15.8 Å². The maximum Gasteiger partial charge on any atom is 0.160 e. The van der Waals surface area contributed by atoms with Crippen molar-refractivity contribution in [2.24, 2.45) is 0 Å². The molecule has 378 valence electrons. The third-order valence-corrected chi connectivity index (χ3v) is 14.7. The van der Waals surface area contributed by atoms with Gasteiger partial charge in [0.2, 0.25) is 0 Å². The highest BCUT2D eigenvalue weighted by Crippen LogP contribution is 2.43. The number of benzene rings is 11. The maximum atomic E-state index is 10.6. The van der Waals surface area contributed by atoms with Gasteiger partial charge in [0.25, 0.3) is 0 Å². The molecule has 0 fully saturated rings. The second kappa shape index (κ2) is 21.4. The first kappa shape index (κ1) is 49.0. The highest BCUT2D eigenvalue weighted by atomic mass is 15.1. The zero-order valence-electron chi connectivity index (χ0n) is 43.6. The van der Waals surface area contributed by atoms with Crippen LogP contribution in [0.2, 0.25) is 0 Å². The van der Waals surface area contributed by atoms with Crippen LogP contribution in [0.3, 0.4) is 0 Å². The molecule has 0 aliphatic heterocycles. The van der Waals surface area contributed by atoms with Crippen molar-refractivity contribution in [2.75, 3.05) is 9.80 Å². The van der Waals surface area contributed by atoms with Gasteiger partial charge in [0.15, 0.2) is 5.82 Å². The van der Waals surface area contributed by atoms with Gasteiger partial charge < -0.3 is 14.4 Å². The molecule has 0 aliphatic rings. The number of aromatic nitrogens is 3. The van der Waals surface area contributed by atoms with Gasteiger partial charge in [-0.25, -0.2) is 9.97 Å². The summed E-state index contributed by atoms with van der Waals surface area (Å²) in [6.45, 7) is 0. The summed E-state index contributed by atoms with van der Waals surface area (Å²) in [5.74, 6) is 0.599. The number of fused-ring (bicyclic) bond motifs is 3. The lowest BCUT2D eigenvalue weighted by Crippen LogP contribution is -2.10. The molecule has 0 atom stereocenters. The Bertz CT molecular complexity index is 4400. The second-order valence-corrected chi connectivity index (χ2v) is 19.6. The lowest BCUT2D eigenvalue weighted by atomic mass is 9.95. The molecule has 13 aromatic rings. The van der Waals surface area contributed by atoms with Crippen LogP contribution in [-0.4, -0.2) is 14.5 Å². The smallest absolute Gasteiger partial charge is 0.160 e. The van der Waals surface area contributed by atoms with Crippen LogP contribution in [-0.2, 0) is 0 Å². The summed E-state index contributed by atoms with van der Waals surface area (Å²) in [4.78, 5) is 14.4. The average molecular weight is 1040 g/mol. The number of hydrogen-bond donors (Lipinski definition) is 0. The van der Waals surface area contributed by atoms with E-state index in [1.54, 1.807) is 0 Å². The van der Waals surface area contributed by atoms with Crippen LogP contribution in [0.1, 0.15) is 16.7 Å². The van der Waals surface area contributed by atoms with Crippen molar-refractivity contribution in [1.29, 1.82) is 15.8 Å². The summed E-state index contributed by atoms with van der Waals surface area (Å²) in [6.07, 6.45) is 0. The Hall–Kier alpha value is -11.6. The molecule has 0 amide bonds. The molecule has 0 radical (unpaired) electrons. The van der Waals surface area contributed by atoms with Crippen molar-refractivity contribution in [3.8, 4) is 80.1 Å². The first-order valence-corrected chi connectivity index (χ1v) is 26.5. The Balaban J connectivity index is 0.868. The van der Waals surface area contributed by atoms with Crippen LogP contribution in [0, 0.1) is 34.0 Å². The van der Waals surface area contributed by atoms with Gasteiger partial charge in [0.05, 0.1) is 57.3 Å².